The lowest BCUT2D eigenvalue weighted by molar-refractivity contribution is -0.224. The quantitative estimate of drug-likeness (QED) is 0.589. The molecule has 1 amide bonds. The standard InChI is InChI=1S/C32H38N2O4/c1-19-5-4-6-21(15-19)9-12-27(36)33(3)24-16-20(2)32(37)26-17-23-10-11-25(35)29-28(23)31(32,30(24)38-29)13-14-34(26)18-22-7-8-22/h4-6,9-12,15,20,22,24,26,30,35,37H,7-8,13-14,16-18H2,1-3H3/b12-9+/t20?,24?,26-,30?,31+,32-/m1/s1. The number of likely N-dealkylation sites (N-methyl/N-ethyl adjacent to an activating group) is 1. The SMILES string of the molecule is Cc1cccc(/C=C/C(=O)N(C)C2CC(C)[C@@]3(O)[C@H]4Cc5ccc(O)c6c5[C@@]3(CCN4CC3CC3)C2O6)c1. The highest BCUT2D eigenvalue weighted by molar-refractivity contribution is 5.92. The van der Waals surface area contributed by atoms with E-state index in [1.54, 1.807) is 12.1 Å². The molecule has 2 saturated carbocycles. The monoisotopic (exact) mass is 514 g/mol. The Morgan fingerprint density at radius 3 is 2.84 bits per heavy atom. The molecule has 5 aliphatic rings. The Kier molecular flexibility index (Phi) is 5.31. The molecule has 3 unspecified atom stereocenters. The van der Waals surface area contributed by atoms with Gasteiger partial charge in [0.05, 0.1) is 17.1 Å². The Bertz CT molecular complexity index is 1330. The van der Waals surface area contributed by atoms with Gasteiger partial charge in [-0.3, -0.25) is 9.69 Å². The summed E-state index contributed by atoms with van der Waals surface area (Å²) in [6.45, 7) is 6.15. The van der Waals surface area contributed by atoms with Crippen LogP contribution in [0, 0.1) is 18.8 Å². The van der Waals surface area contributed by atoms with Gasteiger partial charge in [-0.15, -0.1) is 0 Å². The van der Waals surface area contributed by atoms with Gasteiger partial charge in [0.25, 0.3) is 0 Å². The molecule has 1 saturated heterocycles. The molecule has 2 aromatic rings. The summed E-state index contributed by atoms with van der Waals surface area (Å²) >= 11 is 0. The average molecular weight is 515 g/mol. The van der Waals surface area contributed by atoms with Crippen LogP contribution in [-0.2, 0) is 16.6 Å². The Morgan fingerprint density at radius 1 is 1.26 bits per heavy atom. The number of nitrogens with zero attached hydrogens (tertiary/aromatic N) is 2. The summed E-state index contributed by atoms with van der Waals surface area (Å²) in [4.78, 5) is 17.8. The summed E-state index contributed by atoms with van der Waals surface area (Å²) in [5, 5.41) is 23.8. The first-order valence-corrected chi connectivity index (χ1v) is 14.2. The van der Waals surface area contributed by atoms with Gasteiger partial charge in [-0.25, -0.2) is 0 Å². The molecule has 6 heteroatoms. The molecule has 0 aromatic heterocycles. The van der Waals surface area contributed by atoms with Gasteiger partial charge in [0, 0.05) is 31.3 Å². The van der Waals surface area contributed by atoms with E-state index in [9.17, 15) is 15.0 Å². The first kappa shape index (κ1) is 24.2. The number of aromatic hydroxyl groups is 1. The third-order valence-electron chi connectivity index (χ3n) is 10.5. The summed E-state index contributed by atoms with van der Waals surface area (Å²) in [6, 6.07) is 11.7. The predicted molar refractivity (Wildman–Crippen MR) is 146 cm³/mol. The van der Waals surface area contributed by atoms with Gasteiger partial charge < -0.3 is 19.8 Å². The number of likely N-dealkylation sites (tertiary alicyclic amines) is 1. The van der Waals surface area contributed by atoms with E-state index < -0.39 is 17.1 Å². The van der Waals surface area contributed by atoms with Crippen LogP contribution in [0.4, 0.5) is 0 Å². The van der Waals surface area contributed by atoms with Crippen LogP contribution in [0.15, 0.2) is 42.5 Å². The fourth-order valence-electron chi connectivity index (χ4n) is 8.48. The minimum absolute atomic E-state index is 0.0177. The van der Waals surface area contributed by atoms with Crippen LogP contribution in [0.25, 0.3) is 6.08 Å². The molecule has 2 heterocycles. The fourth-order valence-corrected chi connectivity index (χ4v) is 8.48. The largest absolute Gasteiger partial charge is 0.504 e. The van der Waals surface area contributed by atoms with E-state index in [2.05, 4.69) is 17.9 Å². The van der Waals surface area contributed by atoms with E-state index in [1.807, 2.05) is 49.2 Å². The zero-order valence-electron chi connectivity index (χ0n) is 22.6. The maximum absolute atomic E-state index is 13.5. The highest BCUT2D eigenvalue weighted by atomic mass is 16.5. The fraction of sp³-hybridized carbons (Fsp3) is 0.531. The molecule has 1 spiro atoms. The van der Waals surface area contributed by atoms with Crippen molar-refractivity contribution in [1.29, 1.82) is 0 Å². The van der Waals surface area contributed by atoms with E-state index in [0.717, 1.165) is 48.5 Å². The number of piperidine rings is 1. The van der Waals surface area contributed by atoms with Gasteiger partial charge in [-0.1, -0.05) is 42.8 Å². The molecule has 2 aliphatic heterocycles. The number of hydrogen-bond donors (Lipinski definition) is 2. The normalized spacial score (nSPS) is 35.2. The highest BCUT2D eigenvalue weighted by Gasteiger charge is 2.75. The van der Waals surface area contributed by atoms with Crippen LogP contribution in [0.2, 0.25) is 0 Å². The Labute approximate surface area is 224 Å². The molecule has 0 radical (unpaired) electrons. The van der Waals surface area contributed by atoms with Crippen LogP contribution in [-0.4, -0.2) is 69.8 Å². The van der Waals surface area contributed by atoms with Crippen molar-refractivity contribution in [2.24, 2.45) is 11.8 Å². The second kappa shape index (κ2) is 8.33. The van der Waals surface area contributed by atoms with Crippen molar-refractivity contribution >= 4 is 12.0 Å². The zero-order chi connectivity index (χ0) is 26.4. The maximum Gasteiger partial charge on any atom is 0.246 e. The summed E-state index contributed by atoms with van der Waals surface area (Å²) in [5.41, 5.74) is 2.70. The Balaban J connectivity index is 1.28. The summed E-state index contributed by atoms with van der Waals surface area (Å²) < 4.78 is 6.67. The summed E-state index contributed by atoms with van der Waals surface area (Å²) in [5.74, 6) is 1.30. The first-order chi connectivity index (χ1) is 18.2. The van der Waals surface area contributed by atoms with E-state index in [-0.39, 0.29) is 29.7 Å². The number of hydrogen-bond acceptors (Lipinski definition) is 5. The molecule has 2 bridgehead atoms. The van der Waals surface area contributed by atoms with Crippen LogP contribution < -0.4 is 4.74 Å². The van der Waals surface area contributed by atoms with Gasteiger partial charge >= 0.3 is 0 Å². The Hall–Kier alpha value is -2.83. The van der Waals surface area contributed by atoms with E-state index in [1.165, 1.54) is 18.4 Å². The van der Waals surface area contributed by atoms with Gasteiger partial charge in [0.2, 0.25) is 5.91 Å². The smallest absolute Gasteiger partial charge is 0.246 e. The average Bonchev–Trinajstić information content (AvgIpc) is 3.64. The second-order valence-electron chi connectivity index (χ2n) is 12.6. The number of carbonyl (C=O) groups excluding carboxylic acids is 1. The number of ether oxygens (including phenoxy) is 1. The highest BCUT2D eigenvalue weighted by Crippen LogP contribution is 2.67. The molecule has 7 rings (SSSR count). The number of aliphatic hydroxyl groups is 1. The van der Waals surface area contributed by atoms with Gasteiger partial charge in [-0.2, -0.15) is 0 Å². The first-order valence-electron chi connectivity index (χ1n) is 14.2. The number of rotatable bonds is 5. The minimum atomic E-state index is -0.978. The van der Waals surface area contributed by atoms with Crippen LogP contribution in [0.5, 0.6) is 11.5 Å². The third-order valence-corrected chi connectivity index (χ3v) is 10.5. The zero-order valence-corrected chi connectivity index (χ0v) is 22.6. The van der Waals surface area contributed by atoms with Crippen LogP contribution in [0.3, 0.4) is 0 Å². The number of phenols is 1. The van der Waals surface area contributed by atoms with Crippen molar-refractivity contribution in [1.82, 2.24) is 9.80 Å². The molecule has 2 aromatic carbocycles. The molecule has 3 fully saturated rings. The molecular formula is C32H38N2O4. The third kappa shape index (κ3) is 3.23. The van der Waals surface area contributed by atoms with E-state index in [0.29, 0.717) is 12.2 Å². The number of carbonyl (C=O) groups is 1. The minimum Gasteiger partial charge on any atom is -0.504 e. The number of benzene rings is 2. The molecule has 200 valence electrons. The van der Waals surface area contributed by atoms with Crippen LogP contribution in [0.1, 0.15) is 54.9 Å². The van der Waals surface area contributed by atoms with E-state index in [4.69, 9.17) is 4.74 Å². The van der Waals surface area contributed by atoms with Gasteiger partial charge in [0.1, 0.15) is 6.10 Å². The lowest BCUT2D eigenvalue weighted by atomic mass is 9.45. The summed E-state index contributed by atoms with van der Waals surface area (Å²) in [7, 11) is 1.86. The van der Waals surface area contributed by atoms with Crippen molar-refractivity contribution in [2.45, 2.75) is 75.2 Å². The van der Waals surface area contributed by atoms with Gasteiger partial charge in [-0.05, 0) is 80.7 Å². The van der Waals surface area contributed by atoms with Crippen molar-refractivity contribution in [3.63, 3.8) is 0 Å². The van der Waals surface area contributed by atoms with Crippen LogP contribution >= 0.6 is 0 Å². The molecule has 6 atom stereocenters. The molecular weight excluding hydrogens is 476 g/mol. The topological polar surface area (TPSA) is 73.2 Å². The van der Waals surface area contributed by atoms with Crippen molar-refractivity contribution in [3.8, 4) is 11.5 Å². The molecule has 6 nitrogen and oxygen atoms in total. The van der Waals surface area contributed by atoms with Gasteiger partial charge in [0.15, 0.2) is 11.5 Å². The van der Waals surface area contributed by atoms with Crippen molar-refractivity contribution in [3.05, 3.63) is 64.7 Å². The molecule has 38 heavy (non-hydrogen) atoms. The lowest BCUT2D eigenvalue weighted by Gasteiger charge is -2.67. The second-order valence-corrected chi connectivity index (χ2v) is 12.6. The maximum atomic E-state index is 13.5. The molecule has 2 N–H and O–H groups in total. The predicted octanol–water partition coefficient (Wildman–Crippen LogP) is 4.05. The lowest BCUT2D eigenvalue weighted by Crippen LogP contribution is -2.80. The number of aryl methyl sites for hydroxylation is 1. The number of phenolic OH excluding ortho intramolecular Hbond substituents is 1. The summed E-state index contributed by atoms with van der Waals surface area (Å²) in [6.07, 6.45) is 7.87. The van der Waals surface area contributed by atoms with Crippen molar-refractivity contribution in [2.75, 3.05) is 20.1 Å². The number of amides is 1. The van der Waals surface area contributed by atoms with E-state index >= 15 is 0 Å². The molecule has 3 aliphatic carbocycles. The van der Waals surface area contributed by atoms with Crippen molar-refractivity contribution < 1.29 is 19.7 Å². The Morgan fingerprint density at radius 2 is 2.08 bits per heavy atom.